The molecule has 0 aliphatic carbocycles. The normalized spacial score (nSPS) is 14.3. The molecule has 0 unspecified atom stereocenters. The van der Waals surface area contributed by atoms with E-state index in [1.54, 1.807) is 19.1 Å². The maximum atomic E-state index is 11.1. The lowest BCUT2D eigenvalue weighted by Crippen LogP contribution is -2.27. The number of hydrogen-bond donors (Lipinski definition) is 1. The quantitative estimate of drug-likeness (QED) is 0.844. The monoisotopic (exact) mass is 267 g/mol. The predicted octanol–water partition coefficient (Wildman–Crippen LogP) is 1.61. The van der Waals surface area contributed by atoms with Crippen LogP contribution in [0, 0.1) is 0 Å². The Kier molecular flexibility index (Phi) is 3.52. The molecule has 1 aromatic heterocycles. The minimum Gasteiger partial charge on any atom is -0.468 e. The molecular formula is C7H10BrNO3S. The Morgan fingerprint density at radius 2 is 2.38 bits per heavy atom. The highest BCUT2D eigenvalue weighted by Crippen LogP contribution is 2.13. The molecule has 1 atom stereocenters. The van der Waals surface area contributed by atoms with Crippen molar-refractivity contribution in [3.8, 4) is 0 Å². The molecule has 74 valence electrons. The van der Waals surface area contributed by atoms with Gasteiger partial charge in [0.05, 0.1) is 12.3 Å². The van der Waals surface area contributed by atoms with Crippen LogP contribution < -0.4 is 4.72 Å². The van der Waals surface area contributed by atoms with Gasteiger partial charge in [0.2, 0.25) is 10.0 Å². The van der Waals surface area contributed by atoms with Gasteiger partial charge in [-0.05, 0) is 19.1 Å². The van der Waals surface area contributed by atoms with E-state index in [2.05, 4.69) is 20.7 Å². The summed E-state index contributed by atoms with van der Waals surface area (Å²) in [5.41, 5.74) is 0. The molecule has 0 radical (unpaired) electrons. The largest absolute Gasteiger partial charge is 0.468 e. The lowest BCUT2D eigenvalue weighted by Gasteiger charge is -2.09. The number of halogens is 1. The molecule has 4 nitrogen and oxygen atoms in total. The number of furan rings is 1. The second-order valence-corrected chi connectivity index (χ2v) is 5.64. The lowest BCUT2D eigenvalue weighted by molar-refractivity contribution is 0.460. The van der Waals surface area contributed by atoms with Gasteiger partial charge < -0.3 is 4.42 Å². The minimum atomic E-state index is -3.24. The van der Waals surface area contributed by atoms with Crippen LogP contribution in [0.4, 0.5) is 0 Å². The molecule has 0 spiro atoms. The molecule has 1 N–H and O–H groups in total. The second kappa shape index (κ2) is 4.26. The molecule has 1 heterocycles. The summed E-state index contributed by atoms with van der Waals surface area (Å²) < 4.78 is 29.6. The van der Waals surface area contributed by atoms with Crippen LogP contribution in [0.2, 0.25) is 0 Å². The van der Waals surface area contributed by atoms with Gasteiger partial charge in [0.25, 0.3) is 0 Å². The highest BCUT2D eigenvalue weighted by Gasteiger charge is 2.15. The van der Waals surface area contributed by atoms with Crippen molar-refractivity contribution in [2.24, 2.45) is 0 Å². The molecule has 6 heteroatoms. The van der Waals surface area contributed by atoms with Gasteiger partial charge in [-0.1, -0.05) is 15.9 Å². The molecule has 0 fully saturated rings. The fourth-order valence-corrected chi connectivity index (χ4v) is 2.01. The summed E-state index contributed by atoms with van der Waals surface area (Å²) in [5, 5.41) is 0. The fourth-order valence-electron chi connectivity index (χ4n) is 0.897. The van der Waals surface area contributed by atoms with E-state index in [1.165, 1.54) is 6.26 Å². The summed E-state index contributed by atoms with van der Waals surface area (Å²) in [4.78, 5) is 0. The highest BCUT2D eigenvalue weighted by molar-refractivity contribution is 9.10. The zero-order valence-corrected chi connectivity index (χ0v) is 9.43. The lowest BCUT2D eigenvalue weighted by atomic mass is 10.3. The molecule has 0 aliphatic heterocycles. The van der Waals surface area contributed by atoms with Crippen molar-refractivity contribution >= 4 is 26.0 Å². The Labute approximate surface area is 85.5 Å². The number of sulfonamides is 1. The summed E-state index contributed by atoms with van der Waals surface area (Å²) in [6.07, 6.45) is 1.51. The van der Waals surface area contributed by atoms with Crippen molar-refractivity contribution in [2.45, 2.75) is 13.0 Å². The summed E-state index contributed by atoms with van der Waals surface area (Å²) >= 11 is 2.88. The predicted molar refractivity (Wildman–Crippen MR) is 53.0 cm³/mol. The van der Waals surface area contributed by atoms with E-state index in [1.807, 2.05) is 0 Å². The van der Waals surface area contributed by atoms with Crippen molar-refractivity contribution in [3.63, 3.8) is 0 Å². The van der Waals surface area contributed by atoms with Crippen molar-refractivity contribution in [1.82, 2.24) is 4.72 Å². The molecule has 0 saturated heterocycles. The van der Waals surface area contributed by atoms with E-state index in [4.69, 9.17) is 4.42 Å². The van der Waals surface area contributed by atoms with E-state index < -0.39 is 10.0 Å². The molecule has 1 aromatic rings. The van der Waals surface area contributed by atoms with Crippen LogP contribution in [-0.4, -0.2) is 13.1 Å². The zero-order valence-electron chi connectivity index (χ0n) is 7.03. The van der Waals surface area contributed by atoms with E-state index in [9.17, 15) is 8.42 Å². The fraction of sp³-hybridized carbons (Fsp3) is 0.429. The standard InChI is InChI=1S/C7H10BrNO3S/c1-6(7-3-2-4-12-7)9-13(10,11)5-8/h2-4,6,9H,5H2,1H3/t6-/m0/s1. The first-order valence-electron chi connectivity index (χ1n) is 3.64. The van der Waals surface area contributed by atoms with E-state index >= 15 is 0 Å². The summed E-state index contributed by atoms with van der Waals surface area (Å²) in [5.74, 6) is 0.601. The Balaban J connectivity index is 2.67. The molecule has 0 aliphatic rings. The van der Waals surface area contributed by atoms with Crippen LogP contribution in [0.3, 0.4) is 0 Å². The van der Waals surface area contributed by atoms with Crippen LogP contribution in [0.5, 0.6) is 0 Å². The average molecular weight is 268 g/mol. The number of hydrogen-bond acceptors (Lipinski definition) is 3. The smallest absolute Gasteiger partial charge is 0.222 e. The molecule has 0 bridgehead atoms. The zero-order chi connectivity index (χ0) is 9.90. The third-order valence-electron chi connectivity index (χ3n) is 1.47. The molecule has 13 heavy (non-hydrogen) atoms. The van der Waals surface area contributed by atoms with E-state index in [0.717, 1.165) is 0 Å². The Morgan fingerprint density at radius 3 is 2.85 bits per heavy atom. The SMILES string of the molecule is C[C@H](NS(=O)(=O)CBr)c1ccco1. The number of rotatable bonds is 4. The maximum absolute atomic E-state index is 11.1. The van der Waals surface area contributed by atoms with Gasteiger partial charge in [-0.25, -0.2) is 13.1 Å². The van der Waals surface area contributed by atoms with Crippen LogP contribution >= 0.6 is 15.9 Å². The van der Waals surface area contributed by atoms with Crippen LogP contribution in [0.1, 0.15) is 18.7 Å². The van der Waals surface area contributed by atoms with E-state index in [-0.39, 0.29) is 10.7 Å². The second-order valence-electron chi connectivity index (χ2n) is 2.58. The minimum absolute atomic E-state index is 0.106. The van der Waals surface area contributed by atoms with Gasteiger partial charge in [-0.15, -0.1) is 0 Å². The van der Waals surface area contributed by atoms with Crippen molar-refractivity contribution in [2.75, 3.05) is 4.66 Å². The molecule has 0 aromatic carbocycles. The third kappa shape index (κ3) is 3.13. The third-order valence-corrected chi connectivity index (χ3v) is 4.28. The summed E-state index contributed by atoms with van der Waals surface area (Å²) in [7, 11) is -3.24. The van der Waals surface area contributed by atoms with Gasteiger partial charge >= 0.3 is 0 Å². The molecular weight excluding hydrogens is 258 g/mol. The number of alkyl halides is 1. The van der Waals surface area contributed by atoms with Gasteiger partial charge in [0.1, 0.15) is 10.4 Å². The van der Waals surface area contributed by atoms with Crippen LogP contribution in [-0.2, 0) is 10.0 Å². The van der Waals surface area contributed by atoms with Crippen molar-refractivity contribution < 1.29 is 12.8 Å². The first kappa shape index (κ1) is 10.7. The Morgan fingerprint density at radius 1 is 1.69 bits per heavy atom. The molecule has 0 saturated carbocycles. The van der Waals surface area contributed by atoms with Gasteiger partial charge in [-0.2, -0.15) is 0 Å². The number of nitrogens with one attached hydrogen (secondary N) is 1. The average Bonchev–Trinajstić information content (AvgIpc) is 2.55. The molecule has 0 amide bonds. The topological polar surface area (TPSA) is 59.3 Å². The Bertz CT molecular complexity index is 346. The van der Waals surface area contributed by atoms with E-state index in [0.29, 0.717) is 5.76 Å². The maximum Gasteiger partial charge on any atom is 0.222 e. The van der Waals surface area contributed by atoms with Crippen LogP contribution in [0.25, 0.3) is 0 Å². The van der Waals surface area contributed by atoms with Crippen molar-refractivity contribution in [1.29, 1.82) is 0 Å². The first-order chi connectivity index (χ1) is 6.05. The van der Waals surface area contributed by atoms with Gasteiger partial charge in [0, 0.05) is 0 Å². The Hall–Kier alpha value is -0.330. The summed E-state index contributed by atoms with van der Waals surface area (Å²) in [6.45, 7) is 1.72. The van der Waals surface area contributed by atoms with Crippen LogP contribution in [0.15, 0.2) is 22.8 Å². The molecule has 1 rings (SSSR count). The van der Waals surface area contributed by atoms with Gasteiger partial charge in [0.15, 0.2) is 0 Å². The van der Waals surface area contributed by atoms with Crippen molar-refractivity contribution in [3.05, 3.63) is 24.2 Å². The first-order valence-corrected chi connectivity index (χ1v) is 6.42. The summed E-state index contributed by atoms with van der Waals surface area (Å²) in [6, 6.07) is 3.10. The van der Waals surface area contributed by atoms with Gasteiger partial charge in [-0.3, -0.25) is 0 Å². The highest BCUT2D eigenvalue weighted by atomic mass is 79.9.